The number of thioether (sulfide) groups is 1. The highest BCUT2D eigenvalue weighted by molar-refractivity contribution is 8.26. The van der Waals surface area contributed by atoms with E-state index in [1.165, 1.54) is 12.1 Å². The number of alkyl halides is 6. The van der Waals surface area contributed by atoms with Crippen molar-refractivity contribution in [2.24, 2.45) is 0 Å². The molecule has 2 saturated heterocycles. The summed E-state index contributed by atoms with van der Waals surface area (Å²) in [5, 5.41) is 4.68. The molecule has 0 saturated carbocycles. The van der Waals surface area contributed by atoms with Crippen molar-refractivity contribution < 1.29 is 45.5 Å². The number of rotatable bonds is 8. The Hall–Kier alpha value is -3.83. The number of hydrogen-bond acceptors (Lipinski definition) is 7. The molecule has 44 heavy (non-hydrogen) atoms. The van der Waals surface area contributed by atoms with Crippen LogP contribution in [-0.2, 0) is 31.5 Å². The second-order valence-electron chi connectivity index (χ2n) is 9.41. The summed E-state index contributed by atoms with van der Waals surface area (Å²) < 4.78 is 77.6. The maximum Gasteiger partial charge on any atom is 0.416 e. The van der Waals surface area contributed by atoms with Gasteiger partial charge in [-0.2, -0.15) is 26.3 Å². The average molecular weight is 675 g/mol. The molecule has 0 aromatic heterocycles. The first-order valence-corrected chi connectivity index (χ1v) is 14.2. The summed E-state index contributed by atoms with van der Waals surface area (Å²) >= 11 is 11.3. The van der Waals surface area contributed by atoms with E-state index in [0.717, 1.165) is 58.0 Å². The molecule has 4 rings (SSSR count). The molecule has 4 amide bonds. The van der Waals surface area contributed by atoms with Gasteiger partial charge < -0.3 is 15.5 Å². The Morgan fingerprint density at radius 2 is 1.25 bits per heavy atom. The van der Waals surface area contributed by atoms with E-state index in [-0.39, 0.29) is 63.5 Å². The van der Waals surface area contributed by atoms with Gasteiger partial charge in [-0.15, -0.1) is 0 Å². The number of nitrogens with one attached hydrogen (secondary N) is 2. The number of carbonyl (C=O) groups excluding carboxylic acids is 4. The van der Waals surface area contributed by atoms with Crippen molar-refractivity contribution in [3.63, 3.8) is 0 Å². The molecule has 2 fully saturated rings. The standard InChI is InChI=1S/C27H20F6N4O4S3/c28-26(29,30)14-3-1-5-16(11-14)34-19(38)7-9-36-21(42)13-18(23(36)40)22-24(41)37(25(43)44-22)10-8-20(39)35-17-6-2-4-15(12-17)27(31,32)33/h1-6,11-12H,7-10,13H2,(H,34,38)(H,35,39)/b22-18-. The van der Waals surface area contributed by atoms with E-state index in [1.54, 1.807) is 0 Å². The molecule has 0 radical (unpaired) electrons. The van der Waals surface area contributed by atoms with Crippen LogP contribution in [0.1, 0.15) is 30.4 Å². The second-order valence-corrected chi connectivity index (χ2v) is 11.5. The van der Waals surface area contributed by atoms with Crippen molar-refractivity contribution in [1.29, 1.82) is 0 Å². The number of thiocarbonyl (C=S) groups is 2. The maximum atomic E-state index is 13.1. The van der Waals surface area contributed by atoms with Crippen molar-refractivity contribution >= 4 is 80.5 Å². The molecular formula is C27H20F6N4O4S3. The van der Waals surface area contributed by atoms with Crippen LogP contribution >= 0.6 is 36.2 Å². The number of halogens is 6. The lowest BCUT2D eigenvalue weighted by atomic mass is 10.2. The topological polar surface area (TPSA) is 98.8 Å². The Morgan fingerprint density at radius 3 is 1.73 bits per heavy atom. The Labute approximate surface area is 260 Å². The van der Waals surface area contributed by atoms with Gasteiger partial charge in [0.1, 0.15) is 4.32 Å². The minimum Gasteiger partial charge on any atom is -0.326 e. The van der Waals surface area contributed by atoms with Crippen LogP contribution in [0.15, 0.2) is 59.0 Å². The third kappa shape index (κ3) is 7.81. The van der Waals surface area contributed by atoms with Crippen LogP contribution in [0.2, 0.25) is 0 Å². The number of carbonyl (C=O) groups is 4. The van der Waals surface area contributed by atoms with Crippen LogP contribution < -0.4 is 10.6 Å². The first-order valence-electron chi connectivity index (χ1n) is 12.6. The fourth-order valence-electron chi connectivity index (χ4n) is 4.20. The van der Waals surface area contributed by atoms with Gasteiger partial charge in [-0.25, -0.2) is 0 Å². The summed E-state index contributed by atoms with van der Waals surface area (Å²) in [6, 6.07) is 8.12. The summed E-state index contributed by atoms with van der Waals surface area (Å²) in [6.07, 6.45) is -9.87. The molecule has 2 aromatic rings. The highest BCUT2D eigenvalue weighted by atomic mass is 32.2. The molecule has 0 spiro atoms. The molecular weight excluding hydrogens is 655 g/mol. The molecule has 2 aliphatic rings. The van der Waals surface area contributed by atoms with Crippen LogP contribution in [0.25, 0.3) is 0 Å². The van der Waals surface area contributed by atoms with Crippen molar-refractivity contribution in [2.75, 3.05) is 23.7 Å². The van der Waals surface area contributed by atoms with Crippen LogP contribution in [0.3, 0.4) is 0 Å². The predicted octanol–water partition coefficient (Wildman–Crippen LogP) is 5.76. The first kappa shape index (κ1) is 33.1. The van der Waals surface area contributed by atoms with Crippen LogP contribution in [0.4, 0.5) is 37.7 Å². The summed E-state index contributed by atoms with van der Waals surface area (Å²) in [5.41, 5.74) is -1.99. The molecule has 0 atom stereocenters. The van der Waals surface area contributed by atoms with Gasteiger partial charge in [0.2, 0.25) is 11.8 Å². The molecule has 232 valence electrons. The zero-order valence-electron chi connectivity index (χ0n) is 22.2. The van der Waals surface area contributed by atoms with Crippen molar-refractivity contribution in [2.45, 2.75) is 31.6 Å². The number of likely N-dealkylation sites (tertiary alicyclic amines) is 1. The van der Waals surface area contributed by atoms with Gasteiger partial charge in [0, 0.05) is 49.3 Å². The van der Waals surface area contributed by atoms with Gasteiger partial charge in [-0.3, -0.25) is 24.1 Å². The fraction of sp³-hybridized carbons (Fsp3) is 0.259. The van der Waals surface area contributed by atoms with Gasteiger partial charge in [-0.05, 0) is 36.4 Å². The lowest BCUT2D eigenvalue weighted by Crippen LogP contribution is -2.33. The Morgan fingerprint density at radius 1 is 0.773 bits per heavy atom. The smallest absolute Gasteiger partial charge is 0.326 e. The van der Waals surface area contributed by atoms with E-state index in [2.05, 4.69) is 10.6 Å². The molecule has 0 aliphatic carbocycles. The first-order chi connectivity index (χ1) is 20.5. The highest BCUT2D eigenvalue weighted by Gasteiger charge is 2.41. The molecule has 8 nitrogen and oxygen atoms in total. The third-order valence-corrected chi connectivity index (χ3v) is 8.18. The predicted molar refractivity (Wildman–Crippen MR) is 157 cm³/mol. The summed E-state index contributed by atoms with van der Waals surface area (Å²) in [5.74, 6) is -2.62. The van der Waals surface area contributed by atoms with Crippen molar-refractivity contribution in [3.05, 3.63) is 70.1 Å². The van der Waals surface area contributed by atoms with Gasteiger partial charge in [0.25, 0.3) is 11.8 Å². The quantitative estimate of drug-likeness (QED) is 0.209. The third-order valence-electron chi connectivity index (χ3n) is 6.33. The monoisotopic (exact) mass is 674 g/mol. The summed E-state index contributed by atoms with van der Waals surface area (Å²) in [7, 11) is 0. The molecule has 2 aliphatic heterocycles. The summed E-state index contributed by atoms with van der Waals surface area (Å²) in [6.45, 7) is -0.397. The number of nitrogens with zero attached hydrogens (tertiary/aromatic N) is 2. The zero-order chi connectivity index (χ0) is 32.4. The Bertz CT molecular complexity index is 1480. The molecule has 2 aromatic carbocycles. The number of benzene rings is 2. The fourth-order valence-corrected chi connectivity index (χ4v) is 5.88. The second kappa shape index (κ2) is 13.0. The van der Waals surface area contributed by atoms with Crippen LogP contribution in [0, 0.1) is 0 Å². The van der Waals surface area contributed by atoms with Crippen LogP contribution in [-0.4, -0.2) is 55.8 Å². The normalized spacial score (nSPS) is 17.5. The van der Waals surface area contributed by atoms with E-state index in [4.69, 9.17) is 24.4 Å². The molecule has 2 N–H and O–H groups in total. The van der Waals surface area contributed by atoms with Gasteiger partial charge in [0.15, 0.2) is 0 Å². The molecule has 0 unspecified atom stereocenters. The van der Waals surface area contributed by atoms with Crippen molar-refractivity contribution in [1.82, 2.24) is 9.80 Å². The van der Waals surface area contributed by atoms with Crippen molar-refractivity contribution in [3.8, 4) is 0 Å². The average Bonchev–Trinajstić information content (AvgIpc) is 3.38. The van der Waals surface area contributed by atoms with E-state index in [9.17, 15) is 45.5 Å². The largest absolute Gasteiger partial charge is 0.416 e. The maximum absolute atomic E-state index is 13.1. The highest BCUT2D eigenvalue weighted by Crippen LogP contribution is 2.38. The number of anilines is 2. The lowest BCUT2D eigenvalue weighted by Gasteiger charge is -2.16. The molecule has 2 heterocycles. The van der Waals surface area contributed by atoms with E-state index in [0.29, 0.717) is 0 Å². The van der Waals surface area contributed by atoms with E-state index >= 15 is 0 Å². The molecule has 17 heteroatoms. The molecule has 0 bridgehead atoms. The van der Waals surface area contributed by atoms with E-state index in [1.807, 2.05) is 0 Å². The van der Waals surface area contributed by atoms with E-state index < -0.39 is 47.1 Å². The minimum atomic E-state index is -4.59. The zero-order valence-corrected chi connectivity index (χ0v) is 24.6. The van der Waals surface area contributed by atoms with Gasteiger partial charge >= 0.3 is 12.4 Å². The van der Waals surface area contributed by atoms with Gasteiger partial charge in [-0.1, -0.05) is 48.3 Å². The Kier molecular flexibility index (Phi) is 9.80. The number of hydrogen-bond donors (Lipinski definition) is 2. The lowest BCUT2D eigenvalue weighted by molar-refractivity contribution is -0.138. The summed E-state index contributed by atoms with van der Waals surface area (Å²) in [4.78, 5) is 53.3. The Balaban J connectivity index is 1.34. The SMILES string of the molecule is O=C(CCN1C(=O)/C(=C2\SC(=S)N(CCC(=O)Nc3cccc(C(F)(F)F)c3)C2=O)CC1=S)Nc1cccc(C(F)(F)F)c1. The number of amides is 4. The minimum absolute atomic E-state index is 0.00319. The van der Waals surface area contributed by atoms with Crippen LogP contribution in [0.5, 0.6) is 0 Å². The van der Waals surface area contributed by atoms with Gasteiger partial charge in [0.05, 0.1) is 21.0 Å².